The first kappa shape index (κ1) is 11.4. The molecule has 1 aromatic carbocycles. The lowest BCUT2D eigenvalue weighted by molar-refractivity contribution is -0.109. The fourth-order valence-corrected chi connectivity index (χ4v) is 1.33. The Labute approximate surface area is 89.5 Å². The summed E-state index contributed by atoms with van der Waals surface area (Å²) in [6.07, 6.45) is 2.34. The maximum Gasteiger partial charge on any atom is 0.251 e. The van der Waals surface area contributed by atoms with Crippen LogP contribution < -0.4 is 5.32 Å². The summed E-state index contributed by atoms with van der Waals surface area (Å²) in [4.78, 5) is 22.3. The predicted octanol–water partition coefficient (Wildman–Crippen LogP) is 1.78. The average Bonchev–Trinajstić information content (AvgIpc) is 2.29. The van der Waals surface area contributed by atoms with Gasteiger partial charge in [0.25, 0.3) is 5.91 Å². The van der Waals surface area contributed by atoms with Crippen molar-refractivity contribution in [1.82, 2.24) is 5.32 Å². The van der Waals surface area contributed by atoms with Crippen LogP contribution in [0.15, 0.2) is 30.3 Å². The van der Waals surface area contributed by atoms with Crippen molar-refractivity contribution in [1.29, 1.82) is 0 Å². The molecule has 0 bridgehead atoms. The quantitative estimate of drug-likeness (QED) is 0.745. The summed E-state index contributed by atoms with van der Waals surface area (Å²) in [6, 6.07) is 8.52. The third kappa shape index (κ3) is 3.54. The number of carbonyl (C=O) groups excluding carboxylic acids is 2. The Morgan fingerprint density at radius 2 is 2.07 bits per heavy atom. The monoisotopic (exact) mass is 205 g/mol. The van der Waals surface area contributed by atoms with Crippen LogP contribution in [0.5, 0.6) is 0 Å². The molecular weight excluding hydrogens is 190 g/mol. The fraction of sp³-hybridized carbons (Fsp3) is 0.333. The number of rotatable bonds is 5. The van der Waals surface area contributed by atoms with E-state index in [0.29, 0.717) is 12.0 Å². The number of benzene rings is 1. The highest BCUT2D eigenvalue weighted by Gasteiger charge is 2.11. The lowest BCUT2D eigenvalue weighted by Crippen LogP contribution is -2.35. The number of aldehydes is 1. The van der Waals surface area contributed by atoms with Crippen LogP contribution in [0.4, 0.5) is 0 Å². The first-order valence-corrected chi connectivity index (χ1v) is 5.09. The molecule has 1 amide bonds. The molecular formula is C12H15NO2. The fourth-order valence-electron chi connectivity index (χ4n) is 1.33. The van der Waals surface area contributed by atoms with Crippen molar-refractivity contribution in [3.05, 3.63) is 35.9 Å². The standard InChI is InChI=1S/C12H15NO2/c1-2-6-11(9-14)13-12(15)10-7-4-3-5-8-10/h3-5,7-9,11H,2,6H2,1H3,(H,13,15)/t11-/m0/s1. The molecule has 3 nitrogen and oxygen atoms in total. The largest absolute Gasteiger partial charge is 0.343 e. The van der Waals surface area contributed by atoms with Gasteiger partial charge in [0.15, 0.2) is 0 Å². The van der Waals surface area contributed by atoms with E-state index in [-0.39, 0.29) is 11.9 Å². The van der Waals surface area contributed by atoms with Gasteiger partial charge in [0.05, 0.1) is 6.04 Å². The molecule has 0 spiro atoms. The van der Waals surface area contributed by atoms with E-state index in [1.54, 1.807) is 24.3 Å². The molecule has 1 rings (SSSR count). The summed E-state index contributed by atoms with van der Waals surface area (Å²) in [5, 5.41) is 2.68. The highest BCUT2D eigenvalue weighted by Crippen LogP contribution is 2.00. The van der Waals surface area contributed by atoms with Crippen molar-refractivity contribution in [3.8, 4) is 0 Å². The van der Waals surface area contributed by atoms with Crippen LogP contribution in [0.2, 0.25) is 0 Å². The van der Waals surface area contributed by atoms with Crippen LogP contribution >= 0.6 is 0 Å². The SMILES string of the molecule is CCC[C@@H](C=O)NC(=O)c1ccccc1. The van der Waals surface area contributed by atoms with Crippen LogP contribution in [0.3, 0.4) is 0 Å². The van der Waals surface area contributed by atoms with Gasteiger partial charge in [-0.05, 0) is 18.6 Å². The molecule has 0 saturated carbocycles. The van der Waals surface area contributed by atoms with E-state index in [1.165, 1.54) is 0 Å². The first-order valence-electron chi connectivity index (χ1n) is 5.09. The first-order chi connectivity index (χ1) is 7.27. The summed E-state index contributed by atoms with van der Waals surface area (Å²) in [7, 11) is 0. The zero-order valence-electron chi connectivity index (χ0n) is 8.77. The molecule has 80 valence electrons. The Morgan fingerprint density at radius 3 is 2.60 bits per heavy atom. The van der Waals surface area contributed by atoms with Gasteiger partial charge < -0.3 is 10.1 Å². The Bertz CT molecular complexity index is 322. The van der Waals surface area contributed by atoms with Gasteiger partial charge in [-0.2, -0.15) is 0 Å². The van der Waals surface area contributed by atoms with Crippen LogP contribution in [0, 0.1) is 0 Å². The molecule has 0 saturated heterocycles. The van der Waals surface area contributed by atoms with Crippen LogP contribution in [-0.4, -0.2) is 18.2 Å². The second kappa shape index (κ2) is 5.96. The molecule has 15 heavy (non-hydrogen) atoms. The average molecular weight is 205 g/mol. The van der Waals surface area contributed by atoms with Gasteiger partial charge >= 0.3 is 0 Å². The van der Waals surface area contributed by atoms with Crippen LogP contribution in [0.1, 0.15) is 30.1 Å². The van der Waals surface area contributed by atoms with Gasteiger partial charge in [0.2, 0.25) is 0 Å². The van der Waals surface area contributed by atoms with Gasteiger partial charge in [0.1, 0.15) is 6.29 Å². The molecule has 0 heterocycles. The summed E-state index contributed by atoms with van der Waals surface area (Å²) < 4.78 is 0. The van der Waals surface area contributed by atoms with Crippen molar-refractivity contribution >= 4 is 12.2 Å². The summed E-state index contributed by atoms with van der Waals surface area (Å²) in [6.45, 7) is 1.98. The molecule has 0 aliphatic carbocycles. The number of hydrogen-bond acceptors (Lipinski definition) is 2. The van der Waals surface area contributed by atoms with E-state index in [0.717, 1.165) is 12.7 Å². The third-order valence-corrected chi connectivity index (χ3v) is 2.12. The second-order valence-electron chi connectivity index (χ2n) is 3.37. The Kier molecular flexibility index (Phi) is 4.54. The normalized spacial score (nSPS) is 11.8. The summed E-state index contributed by atoms with van der Waals surface area (Å²) >= 11 is 0. The molecule has 3 heteroatoms. The van der Waals surface area contributed by atoms with E-state index in [2.05, 4.69) is 5.32 Å². The van der Waals surface area contributed by atoms with E-state index in [1.807, 2.05) is 13.0 Å². The molecule has 0 radical (unpaired) electrons. The van der Waals surface area contributed by atoms with Crippen molar-refractivity contribution in [3.63, 3.8) is 0 Å². The minimum atomic E-state index is -0.372. The van der Waals surface area contributed by atoms with Crippen molar-refractivity contribution < 1.29 is 9.59 Å². The Balaban J connectivity index is 2.58. The highest BCUT2D eigenvalue weighted by molar-refractivity contribution is 5.95. The molecule has 0 aliphatic heterocycles. The molecule has 0 aliphatic rings. The molecule has 0 fully saturated rings. The van der Waals surface area contributed by atoms with Crippen molar-refractivity contribution in [2.24, 2.45) is 0 Å². The molecule has 0 unspecified atom stereocenters. The van der Waals surface area contributed by atoms with E-state index < -0.39 is 0 Å². The predicted molar refractivity (Wildman–Crippen MR) is 58.7 cm³/mol. The minimum Gasteiger partial charge on any atom is -0.343 e. The molecule has 0 aromatic heterocycles. The molecule has 1 N–H and O–H groups in total. The van der Waals surface area contributed by atoms with Gasteiger partial charge in [0, 0.05) is 5.56 Å². The van der Waals surface area contributed by atoms with Gasteiger partial charge in [-0.25, -0.2) is 0 Å². The third-order valence-electron chi connectivity index (χ3n) is 2.12. The summed E-state index contributed by atoms with van der Waals surface area (Å²) in [5.41, 5.74) is 0.584. The number of amides is 1. The Morgan fingerprint density at radius 1 is 1.40 bits per heavy atom. The molecule has 1 aromatic rings. The van der Waals surface area contributed by atoms with E-state index in [9.17, 15) is 9.59 Å². The van der Waals surface area contributed by atoms with Crippen molar-refractivity contribution in [2.45, 2.75) is 25.8 Å². The minimum absolute atomic E-state index is 0.193. The lowest BCUT2D eigenvalue weighted by atomic mass is 10.1. The maximum atomic E-state index is 11.6. The molecule has 1 atom stereocenters. The van der Waals surface area contributed by atoms with Crippen LogP contribution in [-0.2, 0) is 4.79 Å². The van der Waals surface area contributed by atoms with E-state index in [4.69, 9.17) is 0 Å². The van der Waals surface area contributed by atoms with E-state index >= 15 is 0 Å². The summed E-state index contributed by atoms with van der Waals surface area (Å²) in [5.74, 6) is -0.193. The van der Waals surface area contributed by atoms with Crippen LogP contribution in [0.25, 0.3) is 0 Å². The highest BCUT2D eigenvalue weighted by atomic mass is 16.2. The topological polar surface area (TPSA) is 46.2 Å². The smallest absolute Gasteiger partial charge is 0.251 e. The van der Waals surface area contributed by atoms with Crippen molar-refractivity contribution in [2.75, 3.05) is 0 Å². The van der Waals surface area contributed by atoms with Gasteiger partial charge in [-0.1, -0.05) is 31.5 Å². The number of nitrogens with one attached hydrogen (secondary N) is 1. The number of hydrogen-bond donors (Lipinski definition) is 1. The number of carbonyl (C=O) groups is 2. The van der Waals surface area contributed by atoms with Gasteiger partial charge in [-0.15, -0.1) is 0 Å². The zero-order valence-corrected chi connectivity index (χ0v) is 8.77. The zero-order chi connectivity index (χ0) is 11.1. The maximum absolute atomic E-state index is 11.6. The lowest BCUT2D eigenvalue weighted by Gasteiger charge is -2.11. The van der Waals surface area contributed by atoms with Gasteiger partial charge in [-0.3, -0.25) is 4.79 Å². The second-order valence-corrected chi connectivity index (χ2v) is 3.37. The Hall–Kier alpha value is -1.64.